The van der Waals surface area contributed by atoms with E-state index in [0.29, 0.717) is 17.9 Å². The number of carbonyl (C=O) groups excluding carboxylic acids is 1. The van der Waals surface area contributed by atoms with Gasteiger partial charge in [0.1, 0.15) is 5.75 Å². The Bertz CT molecular complexity index is 653. The molecule has 1 aliphatic heterocycles. The average Bonchev–Trinajstić information content (AvgIpc) is 2.72. The molecule has 0 spiro atoms. The summed E-state index contributed by atoms with van der Waals surface area (Å²) in [5.41, 5.74) is 8.18. The molecule has 0 saturated heterocycles. The highest BCUT2D eigenvalue weighted by Gasteiger charge is 2.19. The highest BCUT2D eigenvalue weighted by molar-refractivity contribution is 14.1. The maximum absolute atomic E-state index is 11.3. The third kappa shape index (κ3) is 2.51. The predicted molar refractivity (Wildman–Crippen MR) is 82.4 cm³/mol. The van der Waals surface area contributed by atoms with Gasteiger partial charge in [-0.25, -0.2) is 0 Å². The summed E-state index contributed by atoms with van der Waals surface area (Å²) in [4.78, 5) is 11.3. The van der Waals surface area contributed by atoms with E-state index in [9.17, 15) is 4.79 Å². The monoisotopic (exact) mass is 366 g/mol. The van der Waals surface area contributed by atoms with Gasteiger partial charge in [0, 0.05) is 15.3 Å². The quantitative estimate of drug-likeness (QED) is 0.634. The molecule has 0 unspecified atom stereocenters. The van der Waals surface area contributed by atoms with Crippen molar-refractivity contribution in [2.24, 2.45) is 0 Å². The number of anilines is 2. The molecule has 0 aliphatic carbocycles. The Kier molecular flexibility index (Phi) is 3.06. The van der Waals surface area contributed by atoms with Crippen LogP contribution in [0.2, 0.25) is 0 Å². The first-order valence-corrected chi connectivity index (χ1v) is 6.85. The molecule has 19 heavy (non-hydrogen) atoms. The number of nitrogen functional groups attached to an aromatic ring is 1. The van der Waals surface area contributed by atoms with E-state index in [1.165, 1.54) is 0 Å². The summed E-state index contributed by atoms with van der Waals surface area (Å²) < 4.78 is 6.88. The van der Waals surface area contributed by atoms with Gasteiger partial charge < -0.3 is 15.8 Å². The molecule has 0 radical (unpaired) electrons. The fourth-order valence-electron chi connectivity index (χ4n) is 1.99. The van der Waals surface area contributed by atoms with Crippen LogP contribution in [0, 0.1) is 3.57 Å². The minimum absolute atomic E-state index is 0.0131. The lowest BCUT2D eigenvalue weighted by Gasteiger charge is -2.10. The molecule has 2 aromatic rings. The molecule has 0 aromatic heterocycles. The van der Waals surface area contributed by atoms with Gasteiger partial charge in [-0.3, -0.25) is 4.79 Å². The second kappa shape index (κ2) is 4.73. The van der Waals surface area contributed by atoms with Crippen LogP contribution in [0.1, 0.15) is 5.56 Å². The fraction of sp³-hybridized carbons (Fsp3) is 0.0714. The van der Waals surface area contributed by atoms with Crippen molar-refractivity contribution in [2.75, 3.05) is 11.1 Å². The van der Waals surface area contributed by atoms with Crippen molar-refractivity contribution in [1.82, 2.24) is 0 Å². The zero-order valence-corrected chi connectivity index (χ0v) is 12.1. The Morgan fingerprint density at radius 3 is 2.68 bits per heavy atom. The predicted octanol–water partition coefficient (Wildman–Crippen LogP) is 3.16. The van der Waals surface area contributed by atoms with E-state index in [-0.39, 0.29) is 5.91 Å². The van der Waals surface area contributed by atoms with E-state index < -0.39 is 0 Å². The first-order chi connectivity index (χ1) is 9.11. The summed E-state index contributed by atoms with van der Waals surface area (Å²) in [6, 6.07) is 11.2. The maximum atomic E-state index is 11.3. The highest BCUT2D eigenvalue weighted by Crippen LogP contribution is 2.35. The van der Waals surface area contributed by atoms with Crippen LogP contribution in [-0.2, 0) is 11.2 Å². The van der Waals surface area contributed by atoms with Crippen LogP contribution in [0.25, 0.3) is 0 Å². The number of fused-ring (bicyclic) bond motifs is 1. The number of hydrogen-bond donors (Lipinski definition) is 2. The molecule has 0 fully saturated rings. The molecule has 3 N–H and O–H groups in total. The SMILES string of the molecule is Nc1cc2c(cc1Oc1ccc(I)cc1)NC(=O)C2. The van der Waals surface area contributed by atoms with Gasteiger partial charge in [0.2, 0.25) is 5.91 Å². The van der Waals surface area contributed by atoms with Gasteiger partial charge in [-0.15, -0.1) is 0 Å². The number of nitrogens with two attached hydrogens (primary N) is 1. The first-order valence-electron chi connectivity index (χ1n) is 5.77. The Balaban J connectivity index is 1.91. The molecular weight excluding hydrogens is 355 g/mol. The third-order valence-corrected chi connectivity index (χ3v) is 3.62. The number of ether oxygens (including phenoxy) is 1. The maximum Gasteiger partial charge on any atom is 0.228 e. The summed E-state index contributed by atoms with van der Waals surface area (Å²) in [5, 5.41) is 2.78. The van der Waals surface area contributed by atoms with E-state index in [0.717, 1.165) is 20.6 Å². The largest absolute Gasteiger partial charge is 0.455 e. The van der Waals surface area contributed by atoms with Crippen molar-refractivity contribution < 1.29 is 9.53 Å². The van der Waals surface area contributed by atoms with E-state index in [2.05, 4.69) is 27.9 Å². The normalized spacial score (nSPS) is 13.0. The van der Waals surface area contributed by atoms with Crippen LogP contribution >= 0.6 is 22.6 Å². The number of amides is 1. The van der Waals surface area contributed by atoms with Gasteiger partial charge >= 0.3 is 0 Å². The number of benzene rings is 2. The number of hydrogen-bond acceptors (Lipinski definition) is 3. The molecule has 1 aliphatic rings. The van der Waals surface area contributed by atoms with Crippen molar-refractivity contribution >= 4 is 39.9 Å². The zero-order valence-electron chi connectivity index (χ0n) is 9.94. The van der Waals surface area contributed by atoms with Gasteiger partial charge in [-0.1, -0.05) is 0 Å². The van der Waals surface area contributed by atoms with Crippen molar-refractivity contribution in [3.63, 3.8) is 0 Å². The Hall–Kier alpha value is -1.76. The van der Waals surface area contributed by atoms with Crippen molar-refractivity contribution in [3.05, 3.63) is 45.5 Å². The fourth-order valence-corrected chi connectivity index (χ4v) is 2.35. The second-order valence-corrected chi connectivity index (χ2v) is 5.57. The molecule has 5 heteroatoms. The van der Waals surface area contributed by atoms with Gasteiger partial charge in [0.05, 0.1) is 12.1 Å². The lowest BCUT2D eigenvalue weighted by molar-refractivity contribution is -0.115. The van der Waals surface area contributed by atoms with Crippen LogP contribution in [-0.4, -0.2) is 5.91 Å². The summed E-state index contributed by atoms with van der Waals surface area (Å²) >= 11 is 2.23. The molecule has 0 saturated carbocycles. The summed E-state index contributed by atoms with van der Waals surface area (Å²) in [6.07, 6.45) is 0.378. The average molecular weight is 366 g/mol. The minimum atomic E-state index is -0.0131. The lowest BCUT2D eigenvalue weighted by Crippen LogP contribution is -2.03. The molecule has 4 nitrogen and oxygen atoms in total. The zero-order chi connectivity index (χ0) is 13.4. The van der Waals surface area contributed by atoms with Gasteiger partial charge in [-0.2, -0.15) is 0 Å². The molecule has 3 rings (SSSR count). The number of halogens is 1. The van der Waals surface area contributed by atoms with Crippen molar-refractivity contribution in [2.45, 2.75) is 6.42 Å². The Morgan fingerprint density at radius 1 is 1.21 bits per heavy atom. The van der Waals surface area contributed by atoms with Crippen LogP contribution < -0.4 is 15.8 Å². The van der Waals surface area contributed by atoms with Crippen LogP contribution in [0.4, 0.5) is 11.4 Å². The van der Waals surface area contributed by atoms with Crippen LogP contribution in [0.15, 0.2) is 36.4 Å². The lowest BCUT2D eigenvalue weighted by atomic mass is 10.1. The third-order valence-electron chi connectivity index (χ3n) is 2.90. The van der Waals surface area contributed by atoms with E-state index >= 15 is 0 Å². The molecular formula is C14H11IN2O2. The first kappa shape index (κ1) is 12.3. The smallest absolute Gasteiger partial charge is 0.228 e. The number of carbonyl (C=O) groups is 1. The molecule has 0 atom stereocenters. The minimum Gasteiger partial charge on any atom is -0.455 e. The van der Waals surface area contributed by atoms with Gasteiger partial charge in [0.15, 0.2) is 5.75 Å². The van der Waals surface area contributed by atoms with Crippen molar-refractivity contribution in [3.8, 4) is 11.5 Å². The summed E-state index contributed by atoms with van der Waals surface area (Å²) in [5.74, 6) is 1.26. The topological polar surface area (TPSA) is 64.3 Å². The van der Waals surface area contributed by atoms with E-state index in [4.69, 9.17) is 10.5 Å². The van der Waals surface area contributed by atoms with E-state index in [1.54, 1.807) is 12.1 Å². The summed E-state index contributed by atoms with van der Waals surface area (Å²) in [7, 11) is 0. The molecule has 1 amide bonds. The highest BCUT2D eigenvalue weighted by atomic mass is 127. The Morgan fingerprint density at radius 2 is 1.95 bits per heavy atom. The van der Waals surface area contributed by atoms with Gasteiger partial charge in [0.25, 0.3) is 0 Å². The molecule has 96 valence electrons. The standard InChI is InChI=1S/C14H11IN2O2/c15-9-1-3-10(4-2-9)19-13-7-12-8(5-11(13)16)6-14(18)17-12/h1-5,7H,6,16H2,(H,17,18). The number of rotatable bonds is 2. The molecule has 0 bridgehead atoms. The van der Waals surface area contributed by atoms with Gasteiger partial charge in [-0.05, 0) is 58.5 Å². The van der Waals surface area contributed by atoms with Crippen molar-refractivity contribution in [1.29, 1.82) is 0 Å². The van der Waals surface area contributed by atoms with Crippen LogP contribution in [0.5, 0.6) is 11.5 Å². The summed E-state index contributed by atoms with van der Waals surface area (Å²) in [6.45, 7) is 0. The van der Waals surface area contributed by atoms with Crippen LogP contribution in [0.3, 0.4) is 0 Å². The molecule has 2 aromatic carbocycles. The van der Waals surface area contributed by atoms with E-state index in [1.807, 2.05) is 24.3 Å². The molecule has 1 heterocycles. The Labute approximate surface area is 124 Å². The second-order valence-electron chi connectivity index (χ2n) is 4.33. The number of nitrogens with one attached hydrogen (secondary N) is 1.